The van der Waals surface area contributed by atoms with Crippen molar-refractivity contribution in [2.75, 3.05) is 13.7 Å². The predicted octanol–water partition coefficient (Wildman–Crippen LogP) is 4.68. The van der Waals surface area contributed by atoms with Crippen molar-refractivity contribution in [2.45, 2.75) is 73.0 Å². The molecule has 188 valence electrons. The summed E-state index contributed by atoms with van der Waals surface area (Å²) in [6, 6.07) is 5.29. The van der Waals surface area contributed by atoms with Crippen molar-refractivity contribution in [3.05, 3.63) is 28.7 Å². The molecular formula is C26H39N3O5. The third-order valence-corrected chi connectivity index (χ3v) is 6.70. The van der Waals surface area contributed by atoms with Gasteiger partial charge in [-0.25, -0.2) is 14.2 Å². The largest absolute Gasteiger partial charge is 0.497 e. The van der Waals surface area contributed by atoms with Crippen molar-refractivity contribution < 1.29 is 19.1 Å². The molecule has 1 aliphatic rings. The molecule has 1 saturated carbocycles. The van der Waals surface area contributed by atoms with Gasteiger partial charge in [-0.15, -0.1) is 0 Å². The molecule has 1 aliphatic carbocycles. The molecule has 0 bridgehead atoms. The second kappa shape index (κ2) is 10.2. The number of alkyl carbamates (subject to hydrolysis) is 1. The zero-order chi connectivity index (χ0) is 25.2. The highest BCUT2D eigenvalue weighted by Crippen LogP contribution is 2.39. The van der Waals surface area contributed by atoms with Gasteiger partial charge in [-0.3, -0.25) is 9.36 Å². The summed E-state index contributed by atoms with van der Waals surface area (Å²) < 4.78 is 13.5. The highest BCUT2D eigenvalue weighted by atomic mass is 16.6. The molecule has 8 nitrogen and oxygen atoms in total. The lowest BCUT2D eigenvalue weighted by atomic mass is 9.69. The number of hydrogen-bond acceptors (Lipinski definition) is 5. The van der Waals surface area contributed by atoms with E-state index in [0.29, 0.717) is 28.6 Å². The Morgan fingerprint density at radius 1 is 1.18 bits per heavy atom. The Morgan fingerprint density at radius 3 is 2.50 bits per heavy atom. The van der Waals surface area contributed by atoms with Crippen LogP contribution in [0.3, 0.4) is 0 Å². The standard InChI is InChI=1S/C26H39N3O5/c1-16(2)19-10-8-17(3)14-20(19)23(30)29-21-11-9-18(33-7)15-22(21)28(25(29)32)13-12-27-24(31)34-26(4,5)6/h9,11,15-17,19-20H,8,10,12-14H2,1-7H3,(H,27,31)/t17?,19-,20?/m0/s1. The quantitative estimate of drug-likeness (QED) is 0.657. The fourth-order valence-corrected chi connectivity index (χ4v) is 5.03. The van der Waals surface area contributed by atoms with Gasteiger partial charge in [-0.05, 0) is 63.5 Å². The van der Waals surface area contributed by atoms with Crippen LogP contribution in [0.15, 0.2) is 23.0 Å². The summed E-state index contributed by atoms with van der Waals surface area (Å²) in [4.78, 5) is 39.4. The molecule has 3 rings (SSSR count). The smallest absolute Gasteiger partial charge is 0.407 e. The first-order valence-electron chi connectivity index (χ1n) is 12.2. The van der Waals surface area contributed by atoms with Crippen molar-refractivity contribution in [3.8, 4) is 5.75 Å². The maximum Gasteiger partial charge on any atom is 0.407 e. The molecule has 1 heterocycles. The Hall–Kier alpha value is -2.77. The number of methoxy groups -OCH3 is 1. The van der Waals surface area contributed by atoms with Gasteiger partial charge in [-0.1, -0.05) is 27.2 Å². The monoisotopic (exact) mass is 473 g/mol. The number of amides is 1. The molecule has 1 N–H and O–H groups in total. The molecule has 1 aromatic carbocycles. The van der Waals surface area contributed by atoms with Crippen LogP contribution in [-0.4, -0.2) is 40.4 Å². The molecule has 34 heavy (non-hydrogen) atoms. The molecule has 0 saturated heterocycles. The zero-order valence-corrected chi connectivity index (χ0v) is 21.5. The van der Waals surface area contributed by atoms with Crippen molar-refractivity contribution >= 4 is 23.0 Å². The number of carbonyl (C=O) groups is 2. The molecular weight excluding hydrogens is 434 g/mol. The summed E-state index contributed by atoms with van der Waals surface area (Å²) >= 11 is 0. The highest BCUT2D eigenvalue weighted by Gasteiger charge is 2.37. The number of hydrogen-bond donors (Lipinski definition) is 1. The number of rotatable bonds is 6. The maximum absolute atomic E-state index is 13.8. The van der Waals surface area contributed by atoms with E-state index in [9.17, 15) is 14.4 Å². The van der Waals surface area contributed by atoms with Crippen LogP contribution in [0.25, 0.3) is 11.0 Å². The van der Waals surface area contributed by atoms with Gasteiger partial charge in [0.2, 0.25) is 5.91 Å². The third kappa shape index (κ3) is 5.65. The molecule has 0 spiro atoms. The average Bonchev–Trinajstić information content (AvgIpc) is 3.02. The first-order valence-corrected chi connectivity index (χ1v) is 12.2. The molecule has 1 aromatic heterocycles. The average molecular weight is 474 g/mol. The second-order valence-electron chi connectivity index (χ2n) is 10.8. The number of fused-ring (bicyclic) bond motifs is 1. The lowest BCUT2D eigenvalue weighted by Crippen LogP contribution is -2.41. The summed E-state index contributed by atoms with van der Waals surface area (Å²) in [5, 5.41) is 2.69. The Balaban J connectivity index is 1.96. The number of nitrogens with zero attached hydrogens (tertiary/aromatic N) is 2. The van der Waals surface area contributed by atoms with E-state index in [2.05, 4.69) is 26.1 Å². The highest BCUT2D eigenvalue weighted by molar-refractivity contribution is 5.92. The van der Waals surface area contributed by atoms with Gasteiger partial charge in [0.1, 0.15) is 11.4 Å². The number of benzene rings is 1. The number of ether oxygens (including phenoxy) is 2. The van der Waals surface area contributed by atoms with Crippen molar-refractivity contribution in [1.82, 2.24) is 14.5 Å². The molecule has 2 aromatic rings. The van der Waals surface area contributed by atoms with E-state index < -0.39 is 11.7 Å². The van der Waals surface area contributed by atoms with Crippen LogP contribution < -0.4 is 15.7 Å². The summed E-state index contributed by atoms with van der Waals surface area (Å²) in [5.74, 6) is 1.33. The topological polar surface area (TPSA) is 91.6 Å². The number of nitrogens with one attached hydrogen (secondary N) is 1. The van der Waals surface area contributed by atoms with E-state index in [0.717, 1.165) is 19.3 Å². The van der Waals surface area contributed by atoms with Gasteiger partial charge < -0.3 is 14.8 Å². The molecule has 2 unspecified atom stereocenters. The Kier molecular flexibility index (Phi) is 7.78. The van der Waals surface area contributed by atoms with E-state index >= 15 is 0 Å². The Labute approximate surface area is 201 Å². The van der Waals surface area contributed by atoms with Gasteiger partial charge in [0, 0.05) is 25.1 Å². The van der Waals surface area contributed by atoms with E-state index in [1.165, 1.54) is 9.13 Å². The molecule has 8 heteroatoms. The van der Waals surface area contributed by atoms with E-state index in [-0.39, 0.29) is 36.5 Å². The first kappa shape index (κ1) is 25.8. The third-order valence-electron chi connectivity index (χ3n) is 6.70. The van der Waals surface area contributed by atoms with Crippen LogP contribution in [-0.2, 0) is 11.3 Å². The van der Waals surface area contributed by atoms with E-state index in [4.69, 9.17) is 9.47 Å². The van der Waals surface area contributed by atoms with Crippen LogP contribution in [0, 0.1) is 23.7 Å². The van der Waals surface area contributed by atoms with Crippen molar-refractivity contribution in [3.63, 3.8) is 0 Å². The van der Waals surface area contributed by atoms with Gasteiger partial charge in [0.05, 0.1) is 18.1 Å². The lowest BCUT2D eigenvalue weighted by Gasteiger charge is -2.36. The predicted molar refractivity (Wildman–Crippen MR) is 132 cm³/mol. The number of carbonyl (C=O) groups excluding carboxylic acids is 2. The first-order chi connectivity index (χ1) is 15.9. The molecule has 0 radical (unpaired) electrons. The zero-order valence-electron chi connectivity index (χ0n) is 21.5. The number of imidazole rings is 1. The summed E-state index contributed by atoms with van der Waals surface area (Å²) in [5.41, 5.74) is 0.170. The second-order valence-corrected chi connectivity index (χ2v) is 10.8. The Morgan fingerprint density at radius 2 is 1.88 bits per heavy atom. The molecule has 1 fully saturated rings. The van der Waals surface area contributed by atoms with Gasteiger partial charge in [-0.2, -0.15) is 0 Å². The van der Waals surface area contributed by atoms with Gasteiger partial charge >= 0.3 is 11.8 Å². The molecule has 3 atom stereocenters. The van der Waals surface area contributed by atoms with Gasteiger partial charge in [0.15, 0.2) is 0 Å². The van der Waals surface area contributed by atoms with Crippen LogP contribution >= 0.6 is 0 Å². The number of aromatic nitrogens is 2. The fraction of sp³-hybridized carbons (Fsp3) is 0.654. The minimum absolute atomic E-state index is 0.135. The van der Waals surface area contributed by atoms with E-state index in [1.807, 2.05) is 0 Å². The van der Waals surface area contributed by atoms with Crippen molar-refractivity contribution in [2.24, 2.45) is 23.7 Å². The maximum atomic E-state index is 13.8. The normalized spacial score (nSPS) is 21.0. The SMILES string of the molecule is COc1ccc2c(c1)n(CCNC(=O)OC(C)(C)C)c(=O)n2C(=O)C1CC(C)CC[C@H]1C(C)C. The van der Waals surface area contributed by atoms with Crippen LogP contribution in [0.5, 0.6) is 5.75 Å². The van der Waals surface area contributed by atoms with Crippen LogP contribution in [0.1, 0.15) is 65.6 Å². The summed E-state index contributed by atoms with van der Waals surface area (Å²) in [6.45, 7) is 12.2. The fourth-order valence-electron chi connectivity index (χ4n) is 5.03. The van der Waals surface area contributed by atoms with Crippen LogP contribution in [0.4, 0.5) is 4.79 Å². The Bertz CT molecular complexity index is 1090. The minimum atomic E-state index is -0.610. The summed E-state index contributed by atoms with van der Waals surface area (Å²) in [7, 11) is 1.56. The minimum Gasteiger partial charge on any atom is -0.497 e. The molecule has 1 amide bonds. The van der Waals surface area contributed by atoms with E-state index in [1.54, 1.807) is 46.1 Å². The lowest BCUT2D eigenvalue weighted by molar-refractivity contribution is 0.0524. The summed E-state index contributed by atoms with van der Waals surface area (Å²) in [6.07, 6.45) is 2.35. The van der Waals surface area contributed by atoms with Crippen LogP contribution in [0.2, 0.25) is 0 Å². The van der Waals surface area contributed by atoms with Gasteiger partial charge in [0.25, 0.3) is 0 Å². The molecule has 0 aliphatic heterocycles. The van der Waals surface area contributed by atoms with Crippen molar-refractivity contribution in [1.29, 1.82) is 0 Å².